The normalized spacial score (nSPS) is 14.9. The Kier molecular flexibility index (Phi) is 8.10. The number of rotatable bonds is 8. The molecule has 0 aliphatic carbocycles. The summed E-state index contributed by atoms with van der Waals surface area (Å²) in [6, 6.07) is 12.2. The summed E-state index contributed by atoms with van der Waals surface area (Å²) < 4.78 is 19.8. The molecule has 4 rings (SSSR count). The van der Waals surface area contributed by atoms with Gasteiger partial charge in [-0.3, -0.25) is 9.88 Å². The van der Waals surface area contributed by atoms with Crippen LogP contribution in [0.15, 0.2) is 54.7 Å². The number of hydrogen-bond acceptors (Lipinski definition) is 5. The van der Waals surface area contributed by atoms with Crippen LogP contribution in [0, 0.1) is 12.7 Å². The van der Waals surface area contributed by atoms with Crippen LogP contribution in [0.2, 0.25) is 5.02 Å². The van der Waals surface area contributed by atoms with E-state index in [4.69, 9.17) is 21.4 Å². The second kappa shape index (κ2) is 11.4. The van der Waals surface area contributed by atoms with Gasteiger partial charge in [0.15, 0.2) is 0 Å². The third-order valence-electron chi connectivity index (χ3n) is 6.14. The molecule has 0 atom stereocenters. The second-order valence-corrected chi connectivity index (χ2v) is 9.12. The highest BCUT2D eigenvalue weighted by Gasteiger charge is 2.22. The SMILES string of the molecule is Cc1cc(/C=C/C(=O)O)cnc1CN1CCC(c2cccc(OCc3ccc(Cl)cc3F)n2)CC1. The van der Waals surface area contributed by atoms with Crippen molar-refractivity contribution < 1.29 is 19.0 Å². The Bertz CT molecular complexity index is 1230. The fourth-order valence-corrected chi connectivity index (χ4v) is 4.34. The lowest BCUT2D eigenvalue weighted by molar-refractivity contribution is -0.131. The molecule has 0 spiro atoms. The molecule has 0 amide bonds. The molecule has 1 aliphatic rings. The molecule has 2 aromatic heterocycles. The van der Waals surface area contributed by atoms with Gasteiger partial charge in [0.2, 0.25) is 5.88 Å². The first-order chi connectivity index (χ1) is 16.9. The van der Waals surface area contributed by atoms with Gasteiger partial charge in [-0.15, -0.1) is 0 Å². The van der Waals surface area contributed by atoms with Gasteiger partial charge < -0.3 is 9.84 Å². The lowest BCUT2D eigenvalue weighted by Gasteiger charge is -2.31. The number of piperidine rings is 1. The maximum Gasteiger partial charge on any atom is 0.328 e. The number of carboxylic acids is 1. The molecule has 3 aromatic rings. The zero-order valence-electron chi connectivity index (χ0n) is 19.5. The summed E-state index contributed by atoms with van der Waals surface area (Å²) in [4.78, 5) is 22.3. The van der Waals surface area contributed by atoms with Gasteiger partial charge in [0, 0.05) is 47.1 Å². The van der Waals surface area contributed by atoms with E-state index in [2.05, 4.69) is 14.9 Å². The molecule has 0 bridgehead atoms. The summed E-state index contributed by atoms with van der Waals surface area (Å²) in [6.07, 6.45) is 6.32. The number of likely N-dealkylation sites (tertiary alicyclic amines) is 1. The van der Waals surface area contributed by atoms with Gasteiger partial charge in [0.25, 0.3) is 0 Å². The number of benzene rings is 1. The zero-order chi connectivity index (χ0) is 24.8. The van der Waals surface area contributed by atoms with Crippen LogP contribution in [0.3, 0.4) is 0 Å². The maximum atomic E-state index is 14.0. The Balaban J connectivity index is 1.31. The van der Waals surface area contributed by atoms with E-state index in [1.807, 2.05) is 25.1 Å². The standard InChI is InChI=1S/C27H27ClFN3O3/c1-18-13-19(5-8-27(33)34)15-30-25(18)16-32-11-9-20(10-12-32)24-3-2-4-26(31-24)35-17-21-6-7-22(28)14-23(21)29/h2-8,13-15,20H,9-12,16-17H2,1H3,(H,33,34)/b8-5+. The number of hydrogen-bond donors (Lipinski definition) is 1. The highest BCUT2D eigenvalue weighted by atomic mass is 35.5. The third kappa shape index (κ3) is 6.87. The molecule has 1 saturated heterocycles. The smallest absolute Gasteiger partial charge is 0.328 e. The molecule has 8 heteroatoms. The van der Waals surface area contributed by atoms with Gasteiger partial charge in [-0.1, -0.05) is 23.7 Å². The predicted molar refractivity (Wildman–Crippen MR) is 133 cm³/mol. The van der Waals surface area contributed by atoms with Crippen molar-refractivity contribution in [3.05, 3.63) is 93.7 Å². The number of pyridine rings is 2. The van der Waals surface area contributed by atoms with Crippen LogP contribution in [-0.2, 0) is 17.9 Å². The molecule has 6 nitrogen and oxygen atoms in total. The minimum Gasteiger partial charge on any atom is -0.478 e. The lowest BCUT2D eigenvalue weighted by Crippen LogP contribution is -2.33. The first-order valence-electron chi connectivity index (χ1n) is 11.5. The van der Waals surface area contributed by atoms with Crippen LogP contribution in [0.25, 0.3) is 6.08 Å². The fourth-order valence-electron chi connectivity index (χ4n) is 4.18. The second-order valence-electron chi connectivity index (χ2n) is 8.68. The highest BCUT2D eigenvalue weighted by molar-refractivity contribution is 6.30. The largest absolute Gasteiger partial charge is 0.478 e. The van der Waals surface area contributed by atoms with Crippen molar-refractivity contribution in [2.45, 2.75) is 38.8 Å². The summed E-state index contributed by atoms with van der Waals surface area (Å²) in [7, 11) is 0. The van der Waals surface area contributed by atoms with Crippen LogP contribution in [0.1, 0.15) is 46.8 Å². The molecule has 3 heterocycles. The number of nitrogens with zero attached hydrogens (tertiary/aromatic N) is 3. The molecule has 1 N–H and O–H groups in total. The number of carboxylic acid groups (broad SMARTS) is 1. The van der Waals surface area contributed by atoms with Crippen molar-refractivity contribution in [2.24, 2.45) is 0 Å². The summed E-state index contributed by atoms with van der Waals surface area (Å²) in [5.74, 6) is -0.551. The van der Waals surface area contributed by atoms with Crippen LogP contribution in [-0.4, -0.2) is 39.0 Å². The number of aliphatic carboxylic acids is 1. The Hall–Kier alpha value is -3.29. The van der Waals surface area contributed by atoms with E-state index in [-0.39, 0.29) is 6.61 Å². The Morgan fingerprint density at radius 3 is 2.77 bits per heavy atom. The van der Waals surface area contributed by atoms with Crippen LogP contribution in [0.5, 0.6) is 5.88 Å². The van der Waals surface area contributed by atoms with Crippen molar-refractivity contribution in [3.8, 4) is 5.88 Å². The monoisotopic (exact) mass is 495 g/mol. The van der Waals surface area contributed by atoms with Crippen molar-refractivity contribution in [1.82, 2.24) is 14.9 Å². The topological polar surface area (TPSA) is 75.5 Å². The minimum atomic E-state index is -0.975. The lowest BCUT2D eigenvalue weighted by atomic mass is 9.93. The van der Waals surface area contributed by atoms with E-state index >= 15 is 0 Å². The fraction of sp³-hybridized carbons (Fsp3) is 0.296. The number of aryl methyl sites for hydroxylation is 1. The molecule has 0 saturated carbocycles. The molecule has 1 aromatic carbocycles. The van der Waals surface area contributed by atoms with E-state index < -0.39 is 11.8 Å². The number of ether oxygens (including phenoxy) is 1. The first-order valence-corrected chi connectivity index (χ1v) is 11.9. The Labute approximate surface area is 209 Å². The molecule has 0 unspecified atom stereocenters. The minimum absolute atomic E-state index is 0.0924. The molecular weight excluding hydrogens is 469 g/mol. The van der Waals surface area contributed by atoms with Crippen molar-refractivity contribution in [3.63, 3.8) is 0 Å². The van der Waals surface area contributed by atoms with E-state index in [0.29, 0.717) is 22.4 Å². The quantitative estimate of drug-likeness (QED) is 0.408. The van der Waals surface area contributed by atoms with E-state index in [9.17, 15) is 9.18 Å². The average molecular weight is 496 g/mol. The highest BCUT2D eigenvalue weighted by Crippen LogP contribution is 2.29. The van der Waals surface area contributed by atoms with E-state index in [0.717, 1.165) is 61.1 Å². The van der Waals surface area contributed by atoms with Gasteiger partial charge in [-0.05, 0) is 74.3 Å². The van der Waals surface area contributed by atoms with Gasteiger partial charge >= 0.3 is 5.97 Å². The number of carbonyl (C=O) groups is 1. The van der Waals surface area contributed by atoms with E-state index in [1.54, 1.807) is 30.5 Å². The van der Waals surface area contributed by atoms with Gasteiger partial charge in [-0.25, -0.2) is 14.2 Å². The molecule has 182 valence electrons. The van der Waals surface area contributed by atoms with Crippen molar-refractivity contribution in [2.75, 3.05) is 13.1 Å². The van der Waals surface area contributed by atoms with Gasteiger partial charge in [-0.2, -0.15) is 0 Å². The first kappa shape index (κ1) is 24.8. The Morgan fingerprint density at radius 1 is 1.26 bits per heavy atom. The Morgan fingerprint density at radius 2 is 2.06 bits per heavy atom. The average Bonchev–Trinajstić information content (AvgIpc) is 2.84. The summed E-state index contributed by atoms with van der Waals surface area (Å²) >= 11 is 5.81. The number of halogens is 2. The van der Waals surface area contributed by atoms with E-state index in [1.165, 1.54) is 6.07 Å². The molecular formula is C27H27ClFN3O3. The third-order valence-corrected chi connectivity index (χ3v) is 6.38. The van der Waals surface area contributed by atoms with Crippen molar-refractivity contribution >= 4 is 23.6 Å². The maximum absolute atomic E-state index is 14.0. The van der Waals surface area contributed by atoms with Crippen molar-refractivity contribution in [1.29, 1.82) is 0 Å². The van der Waals surface area contributed by atoms with Crippen LogP contribution < -0.4 is 4.74 Å². The predicted octanol–water partition coefficient (Wildman–Crippen LogP) is 5.63. The zero-order valence-corrected chi connectivity index (χ0v) is 20.2. The van der Waals surface area contributed by atoms with Gasteiger partial charge in [0.1, 0.15) is 12.4 Å². The van der Waals surface area contributed by atoms with Crippen LogP contribution >= 0.6 is 11.6 Å². The molecule has 1 aliphatic heterocycles. The molecule has 1 fully saturated rings. The summed E-state index contributed by atoms with van der Waals surface area (Å²) in [5.41, 5.74) is 4.24. The number of aromatic nitrogens is 2. The molecule has 0 radical (unpaired) electrons. The summed E-state index contributed by atoms with van der Waals surface area (Å²) in [6.45, 7) is 4.70. The molecule has 35 heavy (non-hydrogen) atoms. The summed E-state index contributed by atoms with van der Waals surface area (Å²) in [5, 5.41) is 9.14. The van der Waals surface area contributed by atoms with Crippen LogP contribution in [0.4, 0.5) is 4.39 Å². The van der Waals surface area contributed by atoms with Gasteiger partial charge in [0.05, 0.1) is 5.69 Å².